The Hall–Kier alpha value is -2.48. The van der Waals surface area contributed by atoms with E-state index in [4.69, 9.17) is 10.8 Å². The van der Waals surface area contributed by atoms with Gasteiger partial charge in [0.1, 0.15) is 6.04 Å². The Labute approximate surface area is 108 Å². The molecule has 1 amide bonds. The second-order valence-corrected chi connectivity index (χ2v) is 3.87. The van der Waals surface area contributed by atoms with Crippen LogP contribution in [-0.4, -0.2) is 27.9 Å². The van der Waals surface area contributed by atoms with Crippen LogP contribution < -0.4 is 11.1 Å². The zero-order valence-electron chi connectivity index (χ0n) is 9.91. The van der Waals surface area contributed by atoms with Crippen LogP contribution in [0.1, 0.15) is 12.0 Å². The summed E-state index contributed by atoms with van der Waals surface area (Å²) < 4.78 is 0. The molecule has 1 rings (SSSR count). The van der Waals surface area contributed by atoms with Gasteiger partial charge in [-0.15, -0.1) is 0 Å². The average Bonchev–Trinajstić information content (AvgIpc) is 2.34. The standard InChI is InChI=1S/C11H13N3O5/c12-10(15)5-9(11(16)17)13-6-7-1-3-8(4-2-7)14(18)19/h1-4,9,13H,5-6H2,(H2,12,15)(H,16,17)/t9-/m0/s1. The van der Waals surface area contributed by atoms with Gasteiger partial charge in [-0.3, -0.25) is 25.0 Å². The van der Waals surface area contributed by atoms with E-state index in [1.54, 1.807) is 0 Å². The van der Waals surface area contributed by atoms with Gasteiger partial charge < -0.3 is 10.8 Å². The van der Waals surface area contributed by atoms with Crippen molar-refractivity contribution in [3.63, 3.8) is 0 Å². The molecule has 0 bridgehead atoms. The second kappa shape index (κ2) is 6.45. The first-order valence-electron chi connectivity index (χ1n) is 5.38. The summed E-state index contributed by atoms with van der Waals surface area (Å²) in [6.07, 6.45) is -0.317. The van der Waals surface area contributed by atoms with Gasteiger partial charge in [-0.1, -0.05) is 12.1 Å². The molecule has 102 valence electrons. The lowest BCUT2D eigenvalue weighted by molar-refractivity contribution is -0.384. The van der Waals surface area contributed by atoms with Crippen LogP contribution in [0.25, 0.3) is 0 Å². The number of primary amides is 1. The number of nitrogens with one attached hydrogen (secondary N) is 1. The van der Waals surface area contributed by atoms with Crippen molar-refractivity contribution in [2.75, 3.05) is 0 Å². The number of carboxylic acids is 1. The Morgan fingerprint density at radius 1 is 1.37 bits per heavy atom. The number of carboxylic acid groups (broad SMARTS) is 1. The molecule has 1 aromatic carbocycles. The third-order valence-corrected chi connectivity index (χ3v) is 2.40. The van der Waals surface area contributed by atoms with Crippen molar-refractivity contribution < 1.29 is 19.6 Å². The van der Waals surface area contributed by atoms with Gasteiger partial charge in [0.05, 0.1) is 11.3 Å². The van der Waals surface area contributed by atoms with Crippen molar-refractivity contribution in [1.29, 1.82) is 0 Å². The number of benzene rings is 1. The van der Waals surface area contributed by atoms with Gasteiger partial charge in [-0.25, -0.2) is 0 Å². The molecule has 8 heteroatoms. The second-order valence-electron chi connectivity index (χ2n) is 3.87. The Morgan fingerprint density at radius 3 is 2.37 bits per heavy atom. The zero-order valence-corrected chi connectivity index (χ0v) is 9.91. The summed E-state index contributed by atoms with van der Waals surface area (Å²) in [5, 5.41) is 22.0. The number of nitrogens with two attached hydrogens (primary N) is 1. The summed E-state index contributed by atoms with van der Waals surface area (Å²) in [6.45, 7) is 0.169. The predicted octanol–water partition coefficient (Wildman–Crippen LogP) is 0.0130. The predicted molar refractivity (Wildman–Crippen MR) is 65.2 cm³/mol. The first kappa shape index (κ1) is 14.6. The minimum absolute atomic E-state index is 0.0457. The van der Waals surface area contributed by atoms with E-state index in [-0.39, 0.29) is 18.7 Å². The number of hydrogen-bond donors (Lipinski definition) is 3. The summed E-state index contributed by atoms with van der Waals surface area (Å²) >= 11 is 0. The van der Waals surface area contributed by atoms with E-state index in [1.807, 2.05) is 0 Å². The van der Waals surface area contributed by atoms with Gasteiger partial charge in [-0.05, 0) is 5.56 Å². The minimum atomic E-state index is -1.18. The van der Waals surface area contributed by atoms with E-state index in [0.717, 1.165) is 0 Å². The van der Waals surface area contributed by atoms with E-state index < -0.39 is 22.8 Å². The molecule has 4 N–H and O–H groups in total. The number of hydrogen-bond acceptors (Lipinski definition) is 5. The highest BCUT2D eigenvalue weighted by atomic mass is 16.6. The SMILES string of the molecule is NC(=O)C[C@H](NCc1ccc([N+](=O)[O-])cc1)C(=O)O. The average molecular weight is 267 g/mol. The number of carbonyl (C=O) groups is 2. The first-order chi connectivity index (χ1) is 8.90. The molecule has 0 spiro atoms. The summed E-state index contributed by atoms with van der Waals surface area (Å²) in [6, 6.07) is 4.58. The molecule has 0 saturated heterocycles. The summed E-state index contributed by atoms with van der Waals surface area (Å²) in [4.78, 5) is 31.5. The van der Waals surface area contributed by atoms with Crippen LogP contribution in [0.3, 0.4) is 0 Å². The highest BCUT2D eigenvalue weighted by Gasteiger charge is 2.19. The smallest absolute Gasteiger partial charge is 0.321 e. The number of nitro benzene ring substituents is 1. The summed E-state index contributed by atoms with van der Waals surface area (Å²) in [5.74, 6) is -1.90. The Kier molecular flexibility index (Phi) is 4.95. The molecule has 0 heterocycles. The van der Waals surface area contributed by atoms with E-state index in [9.17, 15) is 19.7 Å². The van der Waals surface area contributed by atoms with Crippen LogP contribution in [0.15, 0.2) is 24.3 Å². The van der Waals surface area contributed by atoms with Gasteiger partial charge >= 0.3 is 5.97 Å². The highest BCUT2D eigenvalue weighted by Crippen LogP contribution is 2.11. The Bertz CT molecular complexity index is 486. The maximum absolute atomic E-state index is 10.8. The number of rotatable bonds is 7. The molecule has 1 aromatic rings. The molecule has 0 aliphatic rings. The summed E-state index contributed by atoms with van der Waals surface area (Å²) in [5.41, 5.74) is 5.56. The van der Waals surface area contributed by atoms with Crippen LogP contribution in [0.2, 0.25) is 0 Å². The minimum Gasteiger partial charge on any atom is -0.480 e. The van der Waals surface area contributed by atoms with Crippen LogP contribution in [0.4, 0.5) is 5.69 Å². The molecule has 0 fully saturated rings. The van der Waals surface area contributed by atoms with Crippen LogP contribution in [-0.2, 0) is 16.1 Å². The third-order valence-electron chi connectivity index (χ3n) is 2.40. The number of amides is 1. The topological polar surface area (TPSA) is 136 Å². The molecule has 0 aliphatic heterocycles. The number of nitro groups is 1. The third kappa shape index (κ3) is 4.72. The number of aliphatic carboxylic acids is 1. The van der Waals surface area contributed by atoms with Gasteiger partial charge in [0.2, 0.25) is 5.91 Å². The van der Waals surface area contributed by atoms with Crippen molar-refractivity contribution in [2.45, 2.75) is 19.0 Å². The van der Waals surface area contributed by atoms with Crippen molar-refractivity contribution in [1.82, 2.24) is 5.32 Å². The first-order valence-corrected chi connectivity index (χ1v) is 5.38. The van der Waals surface area contributed by atoms with Gasteiger partial charge in [-0.2, -0.15) is 0 Å². The van der Waals surface area contributed by atoms with E-state index >= 15 is 0 Å². The lowest BCUT2D eigenvalue weighted by Crippen LogP contribution is -2.39. The fraction of sp³-hybridized carbons (Fsp3) is 0.273. The van der Waals surface area contributed by atoms with Crippen molar-refractivity contribution in [3.05, 3.63) is 39.9 Å². The van der Waals surface area contributed by atoms with Crippen molar-refractivity contribution >= 4 is 17.6 Å². The zero-order chi connectivity index (χ0) is 14.4. The lowest BCUT2D eigenvalue weighted by Gasteiger charge is -2.12. The molecule has 0 radical (unpaired) electrons. The van der Waals surface area contributed by atoms with Crippen molar-refractivity contribution in [2.24, 2.45) is 5.73 Å². The number of carbonyl (C=O) groups excluding carboxylic acids is 1. The van der Waals surface area contributed by atoms with E-state index in [0.29, 0.717) is 5.56 Å². The molecule has 0 unspecified atom stereocenters. The molecule has 1 atom stereocenters. The van der Waals surface area contributed by atoms with E-state index in [1.165, 1.54) is 24.3 Å². The molecular formula is C11H13N3O5. The molecule has 0 aliphatic carbocycles. The fourth-order valence-electron chi connectivity index (χ4n) is 1.42. The summed E-state index contributed by atoms with van der Waals surface area (Å²) in [7, 11) is 0. The van der Waals surface area contributed by atoms with Crippen LogP contribution in [0.5, 0.6) is 0 Å². The Balaban J connectivity index is 2.61. The normalized spacial score (nSPS) is 11.8. The fourth-order valence-corrected chi connectivity index (χ4v) is 1.42. The van der Waals surface area contributed by atoms with Crippen LogP contribution in [0, 0.1) is 10.1 Å². The highest BCUT2D eigenvalue weighted by molar-refractivity contribution is 5.83. The molecular weight excluding hydrogens is 254 g/mol. The molecule has 19 heavy (non-hydrogen) atoms. The van der Waals surface area contributed by atoms with Gasteiger partial charge in [0.15, 0.2) is 0 Å². The number of non-ortho nitro benzene ring substituents is 1. The van der Waals surface area contributed by atoms with Crippen LogP contribution >= 0.6 is 0 Å². The van der Waals surface area contributed by atoms with Crippen molar-refractivity contribution in [3.8, 4) is 0 Å². The monoisotopic (exact) mass is 267 g/mol. The Morgan fingerprint density at radius 2 is 1.95 bits per heavy atom. The lowest BCUT2D eigenvalue weighted by atomic mass is 10.1. The van der Waals surface area contributed by atoms with Gasteiger partial charge in [0, 0.05) is 18.7 Å². The quantitative estimate of drug-likeness (QED) is 0.470. The maximum atomic E-state index is 10.8. The molecule has 8 nitrogen and oxygen atoms in total. The van der Waals surface area contributed by atoms with E-state index in [2.05, 4.69) is 5.32 Å². The number of nitrogens with zero attached hydrogens (tertiary/aromatic N) is 1. The molecule has 0 aromatic heterocycles. The molecule has 0 saturated carbocycles. The van der Waals surface area contributed by atoms with Gasteiger partial charge in [0.25, 0.3) is 5.69 Å². The maximum Gasteiger partial charge on any atom is 0.321 e. The largest absolute Gasteiger partial charge is 0.480 e.